The molecule has 1 saturated heterocycles. The molecule has 174 valence electrons. The van der Waals surface area contributed by atoms with E-state index in [0.717, 1.165) is 44.3 Å². The van der Waals surface area contributed by atoms with E-state index in [-0.39, 0.29) is 24.0 Å². The fourth-order valence-electron chi connectivity index (χ4n) is 3.01. The number of β-amino-alcohol motifs (C(OH)–C–C–N with tert-alkyl or cyclic N) is 1. The van der Waals surface area contributed by atoms with E-state index in [0.29, 0.717) is 45.4 Å². The smallest absolute Gasteiger partial charge is 0.191 e. The first-order chi connectivity index (χ1) is 13.9. The molecule has 0 aliphatic carbocycles. The standard InChI is InChI=1S/C19H37N7O3.HI/c1-5-28-10-6-7-20-18(21-13-17-24-23-16(2)25(17)4)22-14-19(3,27)15-26-8-11-29-12-9-26;/h27H,5-15H2,1-4H3,(H2,20,21,22);1H. The van der Waals surface area contributed by atoms with Crippen LogP contribution in [-0.2, 0) is 23.1 Å². The largest absolute Gasteiger partial charge is 0.387 e. The van der Waals surface area contributed by atoms with Crippen LogP contribution < -0.4 is 10.6 Å². The number of hydrogen-bond donors (Lipinski definition) is 3. The second-order valence-corrected chi connectivity index (χ2v) is 7.60. The Morgan fingerprint density at radius 3 is 2.67 bits per heavy atom. The zero-order chi connectivity index (χ0) is 21.1. The maximum Gasteiger partial charge on any atom is 0.191 e. The van der Waals surface area contributed by atoms with E-state index in [1.54, 1.807) is 0 Å². The van der Waals surface area contributed by atoms with Crippen LogP contribution >= 0.6 is 24.0 Å². The zero-order valence-electron chi connectivity index (χ0n) is 18.7. The van der Waals surface area contributed by atoms with Crippen LogP contribution in [0.5, 0.6) is 0 Å². The van der Waals surface area contributed by atoms with Gasteiger partial charge in [-0.3, -0.25) is 4.90 Å². The predicted octanol–water partition coefficient (Wildman–Crippen LogP) is 0.287. The van der Waals surface area contributed by atoms with E-state index in [4.69, 9.17) is 9.47 Å². The number of rotatable bonds is 11. The van der Waals surface area contributed by atoms with Crippen LogP contribution in [0, 0.1) is 6.92 Å². The molecule has 1 unspecified atom stereocenters. The summed E-state index contributed by atoms with van der Waals surface area (Å²) in [5.41, 5.74) is -0.882. The molecule has 1 aromatic heterocycles. The van der Waals surface area contributed by atoms with Crippen LogP contribution in [0.15, 0.2) is 4.99 Å². The highest BCUT2D eigenvalue weighted by atomic mass is 127. The van der Waals surface area contributed by atoms with Gasteiger partial charge in [-0.05, 0) is 27.2 Å². The van der Waals surface area contributed by atoms with Crippen molar-refractivity contribution in [3.8, 4) is 0 Å². The van der Waals surface area contributed by atoms with Gasteiger partial charge < -0.3 is 29.8 Å². The summed E-state index contributed by atoms with van der Waals surface area (Å²) in [4.78, 5) is 6.84. The SMILES string of the molecule is CCOCCCNC(=NCc1nnc(C)n1C)NCC(C)(O)CN1CCOCC1.I. The van der Waals surface area contributed by atoms with Crippen molar-refractivity contribution in [1.29, 1.82) is 0 Å². The Hall–Kier alpha value is -1.02. The minimum Gasteiger partial charge on any atom is -0.387 e. The summed E-state index contributed by atoms with van der Waals surface area (Å²) < 4.78 is 12.7. The lowest BCUT2D eigenvalue weighted by molar-refractivity contribution is -0.0201. The van der Waals surface area contributed by atoms with Crippen molar-refractivity contribution in [1.82, 2.24) is 30.3 Å². The molecule has 0 aromatic carbocycles. The summed E-state index contributed by atoms with van der Waals surface area (Å²) in [5, 5.41) is 25.6. The lowest BCUT2D eigenvalue weighted by Crippen LogP contribution is -2.53. The molecule has 1 aromatic rings. The lowest BCUT2D eigenvalue weighted by atomic mass is 10.1. The van der Waals surface area contributed by atoms with Crippen molar-refractivity contribution in [3.05, 3.63) is 11.6 Å². The van der Waals surface area contributed by atoms with Crippen LogP contribution in [0.3, 0.4) is 0 Å². The number of guanidine groups is 1. The van der Waals surface area contributed by atoms with Crippen molar-refractivity contribution in [2.45, 2.75) is 39.3 Å². The number of aryl methyl sites for hydroxylation is 1. The summed E-state index contributed by atoms with van der Waals surface area (Å²) >= 11 is 0. The molecule has 1 atom stereocenters. The first-order valence-electron chi connectivity index (χ1n) is 10.4. The molecule has 0 amide bonds. The molecule has 1 aliphatic rings. The summed E-state index contributed by atoms with van der Waals surface area (Å²) in [6.07, 6.45) is 0.877. The third-order valence-corrected chi connectivity index (χ3v) is 4.83. The van der Waals surface area contributed by atoms with E-state index >= 15 is 0 Å². The van der Waals surface area contributed by atoms with Gasteiger partial charge in [-0.2, -0.15) is 0 Å². The fourth-order valence-corrected chi connectivity index (χ4v) is 3.01. The number of aliphatic imine (C=N–C) groups is 1. The van der Waals surface area contributed by atoms with Gasteiger partial charge >= 0.3 is 0 Å². The highest BCUT2D eigenvalue weighted by Crippen LogP contribution is 2.07. The first kappa shape index (κ1) is 27.0. The molecule has 30 heavy (non-hydrogen) atoms. The molecule has 0 bridgehead atoms. The van der Waals surface area contributed by atoms with Crippen LogP contribution in [0.2, 0.25) is 0 Å². The van der Waals surface area contributed by atoms with Crippen molar-refractivity contribution in [2.75, 3.05) is 59.2 Å². The van der Waals surface area contributed by atoms with Crippen LogP contribution in [0.1, 0.15) is 31.9 Å². The highest BCUT2D eigenvalue weighted by Gasteiger charge is 2.25. The molecular formula is C19H38IN7O3. The van der Waals surface area contributed by atoms with E-state index < -0.39 is 5.60 Å². The van der Waals surface area contributed by atoms with Gasteiger partial charge in [0.25, 0.3) is 0 Å². The van der Waals surface area contributed by atoms with Gasteiger partial charge in [0, 0.05) is 53.0 Å². The minimum absolute atomic E-state index is 0. The van der Waals surface area contributed by atoms with E-state index in [1.807, 2.05) is 32.4 Å². The van der Waals surface area contributed by atoms with Crippen molar-refractivity contribution >= 4 is 29.9 Å². The molecular weight excluding hydrogens is 501 g/mol. The Bertz CT molecular complexity index is 634. The van der Waals surface area contributed by atoms with E-state index in [2.05, 4.69) is 30.7 Å². The third kappa shape index (κ3) is 9.86. The molecule has 0 radical (unpaired) electrons. The second kappa shape index (κ2) is 14.1. The normalized spacial score (nSPS) is 17.3. The van der Waals surface area contributed by atoms with Crippen molar-refractivity contribution in [2.24, 2.45) is 12.0 Å². The zero-order valence-corrected chi connectivity index (χ0v) is 21.0. The maximum absolute atomic E-state index is 10.8. The Labute approximate surface area is 196 Å². The molecule has 0 spiro atoms. The van der Waals surface area contributed by atoms with Gasteiger partial charge in [-0.25, -0.2) is 4.99 Å². The Kier molecular flexibility index (Phi) is 12.7. The van der Waals surface area contributed by atoms with Crippen molar-refractivity contribution < 1.29 is 14.6 Å². The summed E-state index contributed by atoms with van der Waals surface area (Å²) in [5.74, 6) is 2.28. The molecule has 10 nitrogen and oxygen atoms in total. The number of halogens is 1. The molecule has 1 aliphatic heterocycles. The predicted molar refractivity (Wildman–Crippen MR) is 127 cm³/mol. The average Bonchev–Trinajstić information content (AvgIpc) is 3.02. The molecule has 2 rings (SSSR count). The number of morpholine rings is 1. The molecule has 1 fully saturated rings. The highest BCUT2D eigenvalue weighted by molar-refractivity contribution is 14.0. The van der Waals surface area contributed by atoms with Gasteiger partial charge in [0.2, 0.25) is 0 Å². The minimum atomic E-state index is -0.882. The maximum atomic E-state index is 10.8. The monoisotopic (exact) mass is 539 g/mol. The third-order valence-electron chi connectivity index (χ3n) is 4.83. The van der Waals surface area contributed by atoms with E-state index in [1.165, 1.54) is 0 Å². The first-order valence-corrected chi connectivity index (χ1v) is 10.4. The van der Waals surface area contributed by atoms with Crippen molar-refractivity contribution in [3.63, 3.8) is 0 Å². The summed E-state index contributed by atoms with van der Waals surface area (Å²) in [6, 6.07) is 0. The number of ether oxygens (including phenoxy) is 2. The Morgan fingerprint density at radius 1 is 1.30 bits per heavy atom. The Balaban J connectivity index is 0.00000450. The second-order valence-electron chi connectivity index (χ2n) is 7.60. The number of aliphatic hydroxyl groups is 1. The quantitative estimate of drug-likeness (QED) is 0.159. The van der Waals surface area contributed by atoms with Gasteiger partial charge in [-0.1, -0.05) is 0 Å². The summed E-state index contributed by atoms with van der Waals surface area (Å²) in [6.45, 7) is 12.4. The topological polar surface area (TPSA) is 109 Å². The van der Waals surface area contributed by atoms with Gasteiger partial charge in [0.15, 0.2) is 11.8 Å². The number of nitrogens with zero attached hydrogens (tertiary/aromatic N) is 5. The molecule has 11 heteroatoms. The molecule has 0 saturated carbocycles. The van der Waals surface area contributed by atoms with Crippen LogP contribution in [-0.4, -0.2) is 95.5 Å². The average molecular weight is 539 g/mol. The lowest BCUT2D eigenvalue weighted by Gasteiger charge is -2.34. The number of aromatic nitrogens is 3. The van der Waals surface area contributed by atoms with Gasteiger partial charge in [0.05, 0.1) is 18.8 Å². The summed E-state index contributed by atoms with van der Waals surface area (Å²) in [7, 11) is 1.93. The number of hydrogen-bond acceptors (Lipinski definition) is 7. The van der Waals surface area contributed by atoms with Gasteiger partial charge in [0.1, 0.15) is 12.4 Å². The molecule has 3 N–H and O–H groups in total. The van der Waals surface area contributed by atoms with Crippen LogP contribution in [0.25, 0.3) is 0 Å². The van der Waals surface area contributed by atoms with E-state index in [9.17, 15) is 5.11 Å². The molecule has 2 heterocycles. The van der Waals surface area contributed by atoms with Gasteiger partial charge in [-0.15, -0.1) is 34.2 Å². The fraction of sp³-hybridized carbons (Fsp3) is 0.842. The van der Waals surface area contributed by atoms with Crippen LogP contribution in [0.4, 0.5) is 0 Å². The number of nitrogens with one attached hydrogen (secondary N) is 2. The Morgan fingerprint density at radius 2 is 2.03 bits per heavy atom.